The molecule has 2 amide bonds. The maximum absolute atomic E-state index is 12.9. The molecule has 0 saturated carbocycles. The lowest BCUT2D eigenvalue weighted by atomic mass is 9.98. The lowest BCUT2D eigenvalue weighted by Gasteiger charge is -2.26. The number of nitrogens with zero attached hydrogens (tertiary/aromatic N) is 2. The highest BCUT2D eigenvalue weighted by Gasteiger charge is 2.30. The van der Waals surface area contributed by atoms with Gasteiger partial charge in [0.25, 0.3) is 0 Å². The van der Waals surface area contributed by atoms with Crippen molar-refractivity contribution in [1.29, 1.82) is 0 Å². The zero-order valence-corrected chi connectivity index (χ0v) is 19.6. The predicted octanol–water partition coefficient (Wildman–Crippen LogP) is 5.57. The van der Waals surface area contributed by atoms with Crippen molar-refractivity contribution < 1.29 is 27.2 Å². The Balaban J connectivity index is 1.31. The number of benzene rings is 3. The van der Waals surface area contributed by atoms with Crippen LogP contribution in [0.15, 0.2) is 65.2 Å². The molecule has 37 heavy (non-hydrogen) atoms. The van der Waals surface area contributed by atoms with E-state index in [-0.39, 0.29) is 11.6 Å². The number of hydrogen-bond acceptors (Lipinski definition) is 6. The molecule has 0 unspecified atom stereocenters. The molecule has 1 aromatic heterocycles. The smallest absolute Gasteiger partial charge is 0.379 e. The van der Waals surface area contributed by atoms with Gasteiger partial charge in [-0.1, -0.05) is 35.5 Å². The van der Waals surface area contributed by atoms with Crippen LogP contribution in [-0.4, -0.2) is 42.4 Å². The molecule has 0 bridgehead atoms. The van der Waals surface area contributed by atoms with Gasteiger partial charge in [0.15, 0.2) is 0 Å². The van der Waals surface area contributed by atoms with E-state index in [1.807, 2.05) is 24.3 Å². The van der Waals surface area contributed by atoms with E-state index < -0.39 is 17.8 Å². The Labute approximate surface area is 210 Å². The number of rotatable bonds is 5. The molecule has 4 N–H and O–H groups in total. The van der Waals surface area contributed by atoms with Crippen LogP contribution in [-0.2, 0) is 17.5 Å². The fraction of sp³-hybridized carbons (Fsp3) is 0.231. The Morgan fingerprint density at radius 2 is 1.73 bits per heavy atom. The second kappa shape index (κ2) is 10.1. The van der Waals surface area contributed by atoms with Crippen LogP contribution in [0.3, 0.4) is 0 Å². The molecule has 0 aliphatic carbocycles. The molecule has 1 aliphatic rings. The van der Waals surface area contributed by atoms with Gasteiger partial charge in [0.2, 0.25) is 5.88 Å². The molecule has 192 valence electrons. The molecular formula is C26H24F3N5O3. The molecule has 4 aromatic rings. The summed E-state index contributed by atoms with van der Waals surface area (Å²) in [6.45, 7) is 3.77. The summed E-state index contributed by atoms with van der Waals surface area (Å²) in [6.07, 6.45) is -4.50. The van der Waals surface area contributed by atoms with Crippen molar-refractivity contribution in [1.82, 2.24) is 10.1 Å². The molecular weight excluding hydrogens is 487 g/mol. The molecule has 0 spiro atoms. The molecule has 2 heterocycles. The van der Waals surface area contributed by atoms with Crippen LogP contribution >= 0.6 is 0 Å². The summed E-state index contributed by atoms with van der Waals surface area (Å²) in [4.78, 5) is 14.6. The first-order valence-corrected chi connectivity index (χ1v) is 11.6. The topological polar surface area (TPSA) is 106 Å². The number of ether oxygens (including phenoxy) is 1. The number of fused-ring (bicyclic) bond motifs is 1. The number of nitrogens with two attached hydrogens (primary N) is 1. The monoisotopic (exact) mass is 511 g/mol. The number of amides is 2. The van der Waals surface area contributed by atoms with Gasteiger partial charge in [-0.25, -0.2) is 4.79 Å². The molecule has 8 nitrogen and oxygen atoms in total. The van der Waals surface area contributed by atoms with Crippen LogP contribution in [0.1, 0.15) is 11.1 Å². The third-order valence-electron chi connectivity index (χ3n) is 6.14. The van der Waals surface area contributed by atoms with Crippen LogP contribution in [0, 0.1) is 0 Å². The summed E-state index contributed by atoms with van der Waals surface area (Å²) in [7, 11) is 0. The summed E-state index contributed by atoms with van der Waals surface area (Å²) in [5.74, 6) is 0.219. The van der Waals surface area contributed by atoms with E-state index in [1.54, 1.807) is 12.1 Å². The fourth-order valence-electron chi connectivity index (χ4n) is 4.30. The summed E-state index contributed by atoms with van der Waals surface area (Å²) < 4.78 is 49.5. The first-order valence-electron chi connectivity index (χ1n) is 11.6. The minimum atomic E-state index is -4.50. The number of anilines is 3. The number of alkyl halides is 3. The van der Waals surface area contributed by atoms with Crippen LogP contribution in [0.5, 0.6) is 0 Å². The molecule has 0 radical (unpaired) electrons. The van der Waals surface area contributed by atoms with Crippen molar-refractivity contribution in [2.45, 2.75) is 12.7 Å². The third kappa shape index (κ3) is 5.52. The third-order valence-corrected chi connectivity index (χ3v) is 6.14. The maximum atomic E-state index is 12.9. The average Bonchev–Trinajstić information content (AvgIpc) is 3.27. The van der Waals surface area contributed by atoms with Crippen molar-refractivity contribution in [2.24, 2.45) is 0 Å². The fourth-order valence-corrected chi connectivity index (χ4v) is 4.30. The van der Waals surface area contributed by atoms with E-state index in [2.05, 4.69) is 20.7 Å². The van der Waals surface area contributed by atoms with Gasteiger partial charge in [-0.05, 0) is 47.0 Å². The van der Waals surface area contributed by atoms with Gasteiger partial charge >= 0.3 is 12.2 Å². The van der Waals surface area contributed by atoms with Crippen LogP contribution in [0.2, 0.25) is 0 Å². The van der Waals surface area contributed by atoms with Gasteiger partial charge < -0.3 is 25.6 Å². The zero-order valence-electron chi connectivity index (χ0n) is 19.6. The summed E-state index contributed by atoms with van der Waals surface area (Å²) in [5.41, 5.74) is 9.15. The number of hydrogen-bond donors (Lipinski definition) is 3. The van der Waals surface area contributed by atoms with Gasteiger partial charge in [0.05, 0.1) is 24.2 Å². The molecule has 0 atom stereocenters. The predicted molar refractivity (Wildman–Crippen MR) is 134 cm³/mol. The Bertz CT molecular complexity index is 1410. The van der Waals surface area contributed by atoms with Crippen LogP contribution in [0.4, 0.5) is 35.2 Å². The number of nitrogens with one attached hydrogen (secondary N) is 2. The van der Waals surface area contributed by atoms with E-state index in [0.717, 1.165) is 41.9 Å². The van der Waals surface area contributed by atoms with E-state index >= 15 is 0 Å². The number of aromatic nitrogens is 1. The van der Waals surface area contributed by atoms with E-state index in [9.17, 15) is 18.0 Å². The molecule has 1 fully saturated rings. The average molecular weight is 512 g/mol. The van der Waals surface area contributed by atoms with Gasteiger partial charge in [0.1, 0.15) is 5.52 Å². The minimum Gasteiger partial charge on any atom is -0.379 e. The molecule has 1 aliphatic heterocycles. The number of carbonyl (C=O) groups is 1. The van der Waals surface area contributed by atoms with Gasteiger partial charge in [-0.2, -0.15) is 13.2 Å². The van der Waals surface area contributed by atoms with Gasteiger partial charge in [0, 0.05) is 31.0 Å². The molecule has 5 rings (SSSR count). The molecule has 1 saturated heterocycles. The Kier molecular flexibility index (Phi) is 6.72. The van der Waals surface area contributed by atoms with Crippen molar-refractivity contribution in [3.8, 4) is 11.1 Å². The summed E-state index contributed by atoms with van der Waals surface area (Å²) >= 11 is 0. The summed E-state index contributed by atoms with van der Waals surface area (Å²) in [5, 5.41) is 9.95. The normalized spacial score (nSPS) is 14.6. The Hall–Kier alpha value is -4.09. The number of carbonyl (C=O) groups excluding carboxylic acids is 1. The van der Waals surface area contributed by atoms with Crippen LogP contribution < -0.4 is 16.4 Å². The van der Waals surface area contributed by atoms with Crippen LogP contribution in [0.25, 0.3) is 22.0 Å². The molecule has 11 heteroatoms. The minimum absolute atomic E-state index is 0.0337. The Morgan fingerprint density at radius 3 is 2.46 bits per heavy atom. The largest absolute Gasteiger partial charge is 0.416 e. The van der Waals surface area contributed by atoms with Crippen molar-refractivity contribution in [3.05, 3.63) is 71.8 Å². The van der Waals surface area contributed by atoms with Gasteiger partial charge in [-0.3, -0.25) is 4.90 Å². The molecule has 3 aromatic carbocycles. The number of halogens is 3. The Morgan fingerprint density at radius 1 is 1.00 bits per heavy atom. The van der Waals surface area contributed by atoms with E-state index in [0.29, 0.717) is 36.3 Å². The van der Waals surface area contributed by atoms with E-state index in [4.69, 9.17) is 15.0 Å². The highest BCUT2D eigenvalue weighted by Crippen LogP contribution is 2.35. The number of morpholine rings is 1. The lowest BCUT2D eigenvalue weighted by Crippen LogP contribution is -2.35. The standard InChI is InChI=1S/C26H24F3N5O3/c27-26(28,29)18-2-1-3-20(14-18)32-25(35)31-19-7-4-16(5-8-19)21-9-6-17(15-34-10-12-36-13-11-34)23-22(21)24(30)37-33-23/h1-9,14H,10-13,15,30H2,(H2,31,32,35). The first-order chi connectivity index (χ1) is 17.8. The second-order valence-electron chi connectivity index (χ2n) is 8.67. The highest BCUT2D eigenvalue weighted by atomic mass is 19.4. The van der Waals surface area contributed by atoms with Crippen molar-refractivity contribution in [2.75, 3.05) is 42.7 Å². The maximum Gasteiger partial charge on any atom is 0.416 e. The SMILES string of the molecule is Nc1onc2c(CN3CCOCC3)ccc(-c3ccc(NC(=O)Nc4cccc(C(F)(F)F)c4)cc3)c12. The first kappa shape index (κ1) is 24.6. The van der Waals surface area contributed by atoms with Gasteiger partial charge in [-0.15, -0.1) is 0 Å². The quantitative estimate of drug-likeness (QED) is 0.323. The van der Waals surface area contributed by atoms with E-state index in [1.165, 1.54) is 12.1 Å². The zero-order chi connectivity index (χ0) is 26.0. The number of nitrogen functional groups attached to an aromatic ring is 1. The van der Waals surface area contributed by atoms with Crippen molar-refractivity contribution >= 4 is 34.2 Å². The lowest BCUT2D eigenvalue weighted by molar-refractivity contribution is -0.137. The second-order valence-corrected chi connectivity index (χ2v) is 8.67. The highest BCUT2D eigenvalue weighted by molar-refractivity contribution is 6.03. The summed E-state index contributed by atoms with van der Waals surface area (Å²) in [6, 6.07) is 14.7. The number of urea groups is 1. The van der Waals surface area contributed by atoms with Crippen molar-refractivity contribution in [3.63, 3.8) is 0 Å².